The molecule has 0 aliphatic carbocycles. The van der Waals surface area contributed by atoms with Gasteiger partial charge in [-0.25, -0.2) is 0 Å². The maximum absolute atomic E-state index is 12.3. The Hall–Kier alpha value is -2.69. The number of anilines is 2. The lowest BCUT2D eigenvalue weighted by Crippen LogP contribution is -2.28. The van der Waals surface area contributed by atoms with Gasteiger partial charge in [-0.3, -0.25) is 14.6 Å². The Bertz CT molecular complexity index is 700. The van der Waals surface area contributed by atoms with Crippen molar-refractivity contribution in [2.75, 3.05) is 16.8 Å². The molecule has 1 aliphatic rings. The molecule has 0 radical (unpaired) electrons. The van der Waals surface area contributed by atoms with Crippen LogP contribution in [0.2, 0.25) is 0 Å². The molecular weight excluding hydrogens is 278 g/mol. The second-order valence-electron chi connectivity index (χ2n) is 5.48. The quantitative estimate of drug-likeness (QED) is 0.945. The van der Waals surface area contributed by atoms with Crippen molar-refractivity contribution in [1.29, 1.82) is 0 Å². The first-order chi connectivity index (χ1) is 10.6. The molecule has 2 amide bonds. The van der Waals surface area contributed by atoms with Gasteiger partial charge in [0.15, 0.2) is 0 Å². The summed E-state index contributed by atoms with van der Waals surface area (Å²) in [6.45, 7) is 2.39. The number of rotatable bonds is 3. The normalized spacial score (nSPS) is 17.6. The molecule has 1 aliphatic heterocycles. The Labute approximate surface area is 129 Å². The first kappa shape index (κ1) is 14.3. The van der Waals surface area contributed by atoms with Crippen LogP contribution in [0, 0.1) is 12.8 Å². The number of hydrogen-bond donors (Lipinski definition) is 1. The van der Waals surface area contributed by atoms with Crippen molar-refractivity contribution < 1.29 is 9.59 Å². The fraction of sp³-hybridized carbons (Fsp3) is 0.235. The van der Waals surface area contributed by atoms with Crippen LogP contribution in [-0.2, 0) is 9.59 Å². The van der Waals surface area contributed by atoms with E-state index in [2.05, 4.69) is 10.3 Å². The summed E-state index contributed by atoms with van der Waals surface area (Å²) in [5, 5.41) is 2.81. The third kappa shape index (κ3) is 2.98. The molecule has 2 aromatic rings. The molecule has 1 unspecified atom stereocenters. The van der Waals surface area contributed by atoms with E-state index in [-0.39, 0.29) is 24.2 Å². The largest absolute Gasteiger partial charge is 0.324 e. The molecule has 3 rings (SSSR count). The van der Waals surface area contributed by atoms with Gasteiger partial charge >= 0.3 is 0 Å². The molecule has 5 nitrogen and oxygen atoms in total. The summed E-state index contributed by atoms with van der Waals surface area (Å²) < 4.78 is 0. The summed E-state index contributed by atoms with van der Waals surface area (Å²) in [5.74, 6) is -0.498. The summed E-state index contributed by atoms with van der Waals surface area (Å²) in [6, 6.07) is 11.3. The Kier molecular flexibility index (Phi) is 3.87. The van der Waals surface area contributed by atoms with Gasteiger partial charge in [-0.2, -0.15) is 0 Å². The van der Waals surface area contributed by atoms with Gasteiger partial charge in [0.05, 0.1) is 17.8 Å². The lowest BCUT2D eigenvalue weighted by Gasteiger charge is -2.17. The number of nitrogens with zero attached hydrogens (tertiary/aromatic N) is 2. The number of hydrogen-bond acceptors (Lipinski definition) is 3. The van der Waals surface area contributed by atoms with Crippen LogP contribution in [0.1, 0.15) is 12.0 Å². The second-order valence-corrected chi connectivity index (χ2v) is 5.48. The van der Waals surface area contributed by atoms with Gasteiger partial charge < -0.3 is 10.2 Å². The molecule has 1 fully saturated rings. The number of amides is 2. The van der Waals surface area contributed by atoms with Crippen LogP contribution in [0.3, 0.4) is 0 Å². The lowest BCUT2D eigenvalue weighted by atomic mass is 10.1. The summed E-state index contributed by atoms with van der Waals surface area (Å²) in [5.41, 5.74) is 2.59. The van der Waals surface area contributed by atoms with Gasteiger partial charge in [0.25, 0.3) is 0 Å². The molecule has 1 aromatic carbocycles. The van der Waals surface area contributed by atoms with Crippen LogP contribution < -0.4 is 10.2 Å². The van der Waals surface area contributed by atoms with Gasteiger partial charge in [0, 0.05) is 24.8 Å². The molecular formula is C17H17N3O2. The number of aromatic nitrogens is 1. The molecule has 1 N–H and O–H groups in total. The number of benzene rings is 1. The van der Waals surface area contributed by atoms with Crippen molar-refractivity contribution in [2.45, 2.75) is 13.3 Å². The van der Waals surface area contributed by atoms with Crippen molar-refractivity contribution in [3.8, 4) is 0 Å². The highest BCUT2D eigenvalue weighted by Crippen LogP contribution is 2.26. The van der Waals surface area contributed by atoms with E-state index >= 15 is 0 Å². The summed E-state index contributed by atoms with van der Waals surface area (Å²) >= 11 is 0. The van der Waals surface area contributed by atoms with Crippen LogP contribution >= 0.6 is 0 Å². The molecule has 0 spiro atoms. The zero-order valence-corrected chi connectivity index (χ0v) is 12.3. The van der Waals surface area contributed by atoms with Crippen molar-refractivity contribution in [2.24, 2.45) is 5.92 Å². The van der Waals surface area contributed by atoms with E-state index in [1.807, 2.05) is 31.2 Å². The fourth-order valence-corrected chi connectivity index (χ4v) is 2.61. The topological polar surface area (TPSA) is 62.3 Å². The minimum Gasteiger partial charge on any atom is -0.324 e. The van der Waals surface area contributed by atoms with E-state index in [4.69, 9.17) is 0 Å². The summed E-state index contributed by atoms with van der Waals surface area (Å²) in [7, 11) is 0. The van der Waals surface area contributed by atoms with Gasteiger partial charge in [-0.15, -0.1) is 0 Å². The Morgan fingerprint density at radius 2 is 2.18 bits per heavy atom. The van der Waals surface area contributed by atoms with Crippen molar-refractivity contribution in [1.82, 2.24) is 4.98 Å². The SMILES string of the molecule is Cc1cccc(N2CC(C(=O)Nc3cccnc3)CC2=O)c1. The Balaban J connectivity index is 1.70. The Morgan fingerprint density at radius 3 is 2.91 bits per heavy atom. The highest BCUT2D eigenvalue weighted by atomic mass is 16.2. The van der Waals surface area contributed by atoms with Gasteiger partial charge in [-0.1, -0.05) is 12.1 Å². The second kappa shape index (κ2) is 5.97. The lowest BCUT2D eigenvalue weighted by molar-refractivity contribution is -0.122. The summed E-state index contributed by atoms with van der Waals surface area (Å²) in [4.78, 5) is 30.1. The molecule has 0 bridgehead atoms. The molecule has 1 atom stereocenters. The van der Waals surface area contributed by atoms with E-state index in [0.717, 1.165) is 11.3 Å². The molecule has 112 valence electrons. The smallest absolute Gasteiger partial charge is 0.229 e. The first-order valence-corrected chi connectivity index (χ1v) is 7.21. The van der Waals surface area contributed by atoms with E-state index in [0.29, 0.717) is 12.2 Å². The highest BCUT2D eigenvalue weighted by Gasteiger charge is 2.35. The van der Waals surface area contributed by atoms with Gasteiger partial charge in [0.1, 0.15) is 0 Å². The third-order valence-electron chi connectivity index (χ3n) is 3.74. The fourth-order valence-electron chi connectivity index (χ4n) is 2.61. The zero-order valence-electron chi connectivity index (χ0n) is 12.3. The number of pyridine rings is 1. The number of aryl methyl sites for hydroxylation is 1. The molecule has 5 heteroatoms. The highest BCUT2D eigenvalue weighted by molar-refractivity contribution is 6.03. The van der Waals surface area contributed by atoms with Crippen LogP contribution in [0.15, 0.2) is 48.8 Å². The van der Waals surface area contributed by atoms with Crippen LogP contribution in [-0.4, -0.2) is 23.3 Å². The zero-order chi connectivity index (χ0) is 15.5. The first-order valence-electron chi connectivity index (χ1n) is 7.21. The van der Waals surface area contributed by atoms with Crippen LogP contribution in [0.5, 0.6) is 0 Å². The van der Waals surface area contributed by atoms with Crippen molar-refractivity contribution >= 4 is 23.2 Å². The van der Waals surface area contributed by atoms with Gasteiger partial charge in [0.2, 0.25) is 11.8 Å². The number of carbonyl (C=O) groups is 2. The average Bonchev–Trinajstić information content (AvgIpc) is 2.90. The maximum Gasteiger partial charge on any atom is 0.229 e. The maximum atomic E-state index is 12.3. The Morgan fingerprint density at radius 1 is 1.32 bits per heavy atom. The van der Waals surface area contributed by atoms with Crippen LogP contribution in [0.4, 0.5) is 11.4 Å². The standard InChI is InChI=1S/C17H17N3O2/c1-12-4-2-6-15(8-12)20-11-13(9-16(20)21)17(22)19-14-5-3-7-18-10-14/h2-8,10,13H,9,11H2,1H3,(H,19,22). The van der Waals surface area contributed by atoms with Crippen molar-refractivity contribution in [3.63, 3.8) is 0 Å². The molecule has 0 saturated carbocycles. The van der Waals surface area contributed by atoms with Gasteiger partial charge in [-0.05, 0) is 36.8 Å². The number of nitrogens with one attached hydrogen (secondary N) is 1. The minimum atomic E-state index is -0.340. The molecule has 22 heavy (non-hydrogen) atoms. The predicted octanol–water partition coefficient (Wildman–Crippen LogP) is 2.38. The molecule has 1 saturated heterocycles. The van der Waals surface area contributed by atoms with E-state index in [1.54, 1.807) is 29.4 Å². The molecule has 2 heterocycles. The molecule has 1 aromatic heterocycles. The van der Waals surface area contributed by atoms with E-state index in [1.165, 1.54) is 0 Å². The van der Waals surface area contributed by atoms with Crippen molar-refractivity contribution in [3.05, 3.63) is 54.4 Å². The van der Waals surface area contributed by atoms with E-state index in [9.17, 15) is 9.59 Å². The predicted molar refractivity (Wildman–Crippen MR) is 84.5 cm³/mol. The van der Waals surface area contributed by atoms with Crippen LogP contribution in [0.25, 0.3) is 0 Å². The average molecular weight is 295 g/mol. The summed E-state index contributed by atoms with van der Waals surface area (Å²) in [6.07, 6.45) is 3.47. The third-order valence-corrected chi connectivity index (χ3v) is 3.74. The number of carbonyl (C=O) groups excluding carboxylic acids is 2. The monoisotopic (exact) mass is 295 g/mol. The van der Waals surface area contributed by atoms with E-state index < -0.39 is 0 Å². The minimum absolute atomic E-state index is 0.0167.